The smallest absolute Gasteiger partial charge is 0.127 e. The standard InChI is InChI=1S/C28H22O5/c29-20-7-3-16(4-8-20)1-2-17-11-24-27-19(13-22(31)15-26(27)33)14-23(28(24)25(32)12-17)18-5-9-21(30)10-6-18/h1-13,15,23,29-33H,14H2/b2-1-. The van der Waals surface area contributed by atoms with Gasteiger partial charge in [-0.15, -0.1) is 0 Å². The molecule has 0 aliphatic heterocycles. The minimum Gasteiger partial charge on any atom is -0.508 e. The summed E-state index contributed by atoms with van der Waals surface area (Å²) in [6.45, 7) is 0. The SMILES string of the molecule is Oc1ccc(/C=C\c2cc(O)c3c(c2)-c2c(O)cc(O)cc2CC3c2ccc(O)cc2)cc1. The summed E-state index contributed by atoms with van der Waals surface area (Å²) in [7, 11) is 0. The van der Waals surface area contributed by atoms with Crippen molar-refractivity contribution in [1.29, 1.82) is 0 Å². The third-order valence-corrected chi connectivity index (χ3v) is 6.06. The molecule has 164 valence electrons. The molecule has 1 aliphatic carbocycles. The second-order valence-electron chi connectivity index (χ2n) is 8.27. The number of phenols is 5. The third kappa shape index (κ3) is 3.85. The summed E-state index contributed by atoms with van der Waals surface area (Å²) in [5.74, 6) is 0.165. The van der Waals surface area contributed by atoms with Crippen molar-refractivity contribution in [3.63, 3.8) is 0 Å². The molecule has 0 bridgehead atoms. The van der Waals surface area contributed by atoms with Gasteiger partial charge in [0, 0.05) is 23.1 Å². The van der Waals surface area contributed by atoms with E-state index in [0.717, 1.165) is 22.3 Å². The first-order valence-electron chi connectivity index (χ1n) is 10.6. The zero-order valence-electron chi connectivity index (χ0n) is 17.6. The fourth-order valence-electron chi connectivity index (χ4n) is 4.56. The predicted octanol–water partition coefficient (Wildman–Crippen LogP) is 5.74. The first kappa shape index (κ1) is 20.5. The van der Waals surface area contributed by atoms with Crippen molar-refractivity contribution in [2.45, 2.75) is 12.3 Å². The lowest BCUT2D eigenvalue weighted by Gasteiger charge is -2.30. The molecule has 0 aromatic heterocycles. The summed E-state index contributed by atoms with van der Waals surface area (Å²) in [6.07, 6.45) is 4.21. The molecule has 5 rings (SSSR count). The summed E-state index contributed by atoms with van der Waals surface area (Å²) in [5, 5.41) is 51.0. The Hall–Kier alpha value is -4.38. The van der Waals surface area contributed by atoms with Crippen LogP contribution in [0.1, 0.15) is 33.7 Å². The number of aromatic hydroxyl groups is 5. The highest BCUT2D eigenvalue weighted by molar-refractivity contribution is 5.85. The van der Waals surface area contributed by atoms with E-state index in [4.69, 9.17) is 0 Å². The van der Waals surface area contributed by atoms with Crippen molar-refractivity contribution in [1.82, 2.24) is 0 Å². The van der Waals surface area contributed by atoms with E-state index >= 15 is 0 Å². The molecular formula is C28H22O5. The Morgan fingerprint density at radius 2 is 1.24 bits per heavy atom. The van der Waals surface area contributed by atoms with Gasteiger partial charge in [0.05, 0.1) is 0 Å². The van der Waals surface area contributed by atoms with Crippen molar-refractivity contribution >= 4 is 12.2 Å². The summed E-state index contributed by atoms with van der Waals surface area (Å²) >= 11 is 0. The average Bonchev–Trinajstić information content (AvgIpc) is 2.78. The first-order valence-corrected chi connectivity index (χ1v) is 10.6. The van der Waals surface area contributed by atoms with Gasteiger partial charge in [0.1, 0.15) is 28.7 Å². The van der Waals surface area contributed by atoms with Crippen molar-refractivity contribution in [2.24, 2.45) is 0 Å². The number of hydrogen-bond donors (Lipinski definition) is 5. The van der Waals surface area contributed by atoms with Crippen molar-refractivity contribution < 1.29 is 25.5 Å². The minimum atomic E-state index is -0.218. The van der Waals surface area contributed by atoms with Gasteiger partial charge < -0.3 is 25.5 Å². The Balaban J connectivity index is 1.66. The monoisotopic (exact) mass is 438 g/mol. The number of rotatable bonds is 3. The van der Waals surface area contributed by atoms with Crippen LogP contribution in [0.4, 0.5) is 0 Å². The predicted molar refractivity (Wildman–Crippen MR) is 128 cm³/mol. The Bertz CT molecular complexity index is 1370. The van der Waals surface area contributed by atoms with Crippen LogP contribution < -0.4 is 0 Å². The molecule has 0 heterocycles. The van der Waals surface area contributed by atoms with Gasteiger partial charge >= 0.3 is 0 Å². The summed E-state index contributed by atoms with van der Waals surface area (Å²) in [5.41, 5.74) is 5.28. The van der Waals surface area contributed by atoms with Gasteiger partial charge in [-0.1, -0.05) is 36.4 Å². The van der Waals surface area contributed by atoms with Crippen LogP contribution in [0.25, 0.3) is 23.3 Å². The van der Waals surface area contributed by atoms with Crippen LogP contribution in [0.3, 0.4) is 0 Å². The molecule has 0 amide bonds. The molecule has 0 radical (unpaired) electrons. The van der Waals surface area contributed by atoms with Crippen LogP contribution >= 0.6 is 0 Å². The van der Waals surface area contributed by atoms with E-state index in [0.29, 0.717) is 23.1 Å². The van der Waals surface area contributed by atoms with Gasteiger partial charge in [-0.3, -0.25) is 0 Å². The van der Waals surface area contributed by atoms with E-state index in [9.17, 15) is 25.5 Å². The molecular weight excluding hydrogens is 416 g/mol. The molecule has 1 aliphatic rings. The number of hydrogen-bond acceptors (Lipinski definition) is 5. The van der Waals surface area contributed by atoms with Crippen LogP contribution in [0, 0.1) is 0 Å². The fraction of sp³-hybridized carbons (Fsp3) is 0.0714. The average molecular weight is 438 g/mol. The van der Waals surface area contributed by atoms with Crippen molar-refractivity contribution in [2.75, 3.05) is 0 Å². The first-order chi connectivity index (χ1) is 15.9. The van der Waals surface area contributed by atoms with Crippen molar-refractivity contribution in [3.05, 3.63) is 101 Å². The quantitative estimate of drug-likeness (QED) is 0.263. The van der Waals surface area contributed by atoms with Crippen molar-refractivity contribution in [3.8, 4) is 39.9 Å². The molecule has 0 spiro atoms. The maximum Gasteiger partial charge on any atom is 0.127 e. The molecule has 4 aromatic carbocycles. The number of fused-ring (bicyclic) bond motifs is 3. The lowest BCUT2D eigenvalue weighted by atomic mass is 9.74. The van der Waals surface area contributed by atoms with Gasteiger partial charge in [0.15, 0.2) is 0 Å². The van der Waals surface area contributed by atoms with Crippen LogP contribution in [0.5, 0.6) is 28.7 Å². The largest absolute Gasteiger partial charge is 0.508 e. The lowest BCUT2D eigenvalue weighted by Crippen LogP contribution is -2.13. The van der Waals surface area contributed by atoms with E-state index in [2.05, 4.69) is 0 Å². The van der Waals surface area contributed by atoms with Gasteiger partial charge in [-0.05, 0) is 76.7 Å². The normalized spacial score (nSPS) is 14.7. The number of benzene rings is 4. The molecule has 0 saturated carbocycles. The van der Waals surface area contributed by atoms with Crippen LogP contribution in [-0.4, -0.2) is 25.5 Å². The second-order valence-corrected chi connectivity index (χ2v) is 8.27. The zero-order valence-corrected chi connectivity index (χ0v) is 17.6. The highest BCUT2D eigenvalue weighted by atomic mass is 16.3. The molecule has 1 unspecified atom stereocenters. The van der Waals surface area contributed by atoms with E-state index in [1.807, 2.05) is 30.4 Å². The molecule has 0 fully saturated rings. The van der Waals surface area contributed by atoms with E-state index in [-0.39, 0.29) is 34.7 Å². The van der Waals surface area contributed by atoms with Crippen LogP contribution in [0.2, 0.25) is 0 Å². The maximum absolute atomic E-state index is 11.1. The minimum absolute atomic E-state index is 0.0215. The van der Waals surface area contributed by atoms with Crippen LogP contribution in [-0.2, 0) is 6.42 Å². The molecule has 5 heteroatoms. The Morgan fingerprint density at radius 3 is 1.94 bits per heavy atom. The summed E-state index contributed by atoms with van der Waals surface area (Å²) in [4.78, 5) is 0. The summed E-state index contributed by atoms with van der Waals surface area (Å²) < 4.78 is 0. The molecule has 5 nitrogen and oxygen atoms in total. The zero-order chi connectivity index (χ0) is 23.1. The summed E-state index contributed by atoms with van der Waals surface area (Å²) in [6, 6.07) is 20.2. The van der Waals surface area contributed by atoms with Gasteiger partial charge in [-0.25, -0.2) is 0 Å². The van der Waals surface area contributed by atoms with E-state index < -0.39 is 0 Å². The molecule has 5 N–H and O–H groups in total. The topological polar surface area (TPSA) is 101 Å². The van der Waals surface area contributed by atoms with Crippen LogP contribution in [0.15, 0.2) is 72.8 Å². The van der Waals surface area contributed by atoms with Gasteiger partial charge in [0.2, 0.25) is 0 Å². The fourth-order valence-corrected chi connectivity index (χ4v) is 4.56. The Labute approximate surface area is 190 Å². The Kier molecular flexibility index (Phi) is 4.94. The Morgan fingerprint density at radius 1 is 0.606 bits per heavy atom. The molecule has 1 atom stereocenters. The van der Waals surface area contributed by atoms with Gasteiger partial charge in [0.25, 0.3) is 0 Å². The lowest BCUT2D eigenvalue weighted by molar-refractivity contribution is 0.448. The molecule has 0 saturated heterocycles. The highest BCUT2D eigenvalue weighted by Gasteiger charge is 2.31. The van der Waals surface area contributed by atoms with E-state index in [1.54, 1.807) is 48.5 Å². The second kappa shape index (κ2) is 7.95. The molecule has 4 aromatic rings. The van der Waals surface area contributed by atoms with Gasteiger partial charge in [-0.2, -0.15) is 0 Å². The third-order valence-electron chi connectivity index (χ3n) is 6.06. The number of phenolic OH excluding ortho intramolecular Hbond substituents is 5. The highest BCUT2D eigenvalue weighted by Crippen LogP contribution is 2.51. The van der Waals surface area contributed by atoms with E-state index in [1.165, 1.54) is 6.07 Å². The molecule has 33 heavy (non-hydrogen) atoms. The maximum atomic E-state index is 11.1.